The van der Waals surface area contributed by atoms with Crippen LogP contribution in [0.4, 0.5) is 38.0 Å². The van der Waals surface area contributed by atoms with Gasteiger partial charge in [-0.3, -0.25) is 0 Å². The van der Waals surface area contributed by atoms with Crippen molar-refractivity contribution >= 4 is 10.3 Å². The molecule has 0 aliphatic carbocycles. The van der Waals surface area contributed by atoms with Crippen molar-refractivity contribution < 1.29 is 47.5 Å². The molecular formula is C31H28F9NO2S. The SMILES string of the molecule is C[SH](F)(F)(F)c1cccc(CNCC(Cc2ccccc2)(c2cccc(OC(F)(F)F)c2)c2cccc(OC(F)(F)F)c2)c1. The molecule has 3 nitrogen and oxygen atoms in total. The summed E-state index contributed by atoms with van der Waals surface area (Å²) in [5.41, 5.74) is 0.144. The highest BCUT2D eigenvalue weighted by atomic mass is 32.4. The zero-order chi connectivity index (χ0) is 32.3. The van der Waals surface area contributed by atoms with Crippen LogP contribution in [0.3, 0.4) is 0 Å². The summed E-state index contributed by atoms with van der Waals surface area (Å²) in [5.74, 6) is -1.10. The fourth-order valence-electron chi connectivity index (χ4n) is 4.95. The van der Waals surface area contributed by atoms with Crippen LogP contribution in [0.25, 0.3) is 0 Å². The van der Waals surface area contributed by atoms with Crippen LogP contribution >= 0.6 is 10.3 Å². The summed E-state index contributed by atoms with van der Waals surface area (Å²) in [6, 6.07) is 23.6. The molecule has 0 aliphatic rings. The quantitative estimate of drug-likeness (QED) is 0.125. The molecule has 0 heterocycles. The second kappa shape index (κ2) is 12.3. The monoisotopic (exact) mass is 649 g/mol. The number of ether oxygens (including phenoxy) is 2. The third-order valence-electron chi connectivity index (χ3n) is 6.81. The largest absolute Gasteiger partial charge is 0.573 e. The van der Waals surface area contributed by atoms with Gasteiger partial charge in [0.05, 0.1) is 10.3 Å². The molecule has 0 bridgehead atoms. The van der Waals surface area contributed by atoms with Gasteiger partial charge < -0.3 is 14.8 Å². The third-order valence-corrected chi connectivity index (χ3v) is 8.19. The van der Waals surface area contributed by atoms with Gasteiger partial charge in [0, 0.05) is 29.7 Å². The van der Waals surface area contributed by atoms with E-state index in [2.05, 4.69) is 14.8 Å². The highest BCUT2D eigenvalue weighted by molar-refractivity contribution is 8.37. The van der Waals surface area contributed by atoms with Crippen LogP contribution in [-0.4, -0.2) is 25.5 Å². The Bertz CT molecular complexity index is 1500. The van der Waals surface area contributed by atoms with Gasteiger partial charge in [-0.1, -0.05) is 66.7 Å². The molecule has 0 aliphatic heterocycles. The second-order valence-electron chi connectivity index (χ2n) is 10.3. The van der Waals surface area contributed by atoms with E-state index in [9.17, 15) is 38.0 Å². The van der Waals surface area contributed by atoms with Gasteiger partial charge in [0.1, 0.15) is 11.5 Å². The summed E-state index contributed by atoms with van der Waals surface area (Å²) in [7, 11) is -6.56. The van der Waals surface area contributed by atoms with E-state index < -0.39 is 44.9 Å². The van der Waals surface area contributed by atoms with Crippen molar-refractivity contribution in [3.8, 4) is 11.5 Å². The highest BCUT2D eigenvalue weighted by Gasteiger charge is 2.38. The lowest BCUT2D eigenvalue weighted by atomic mass is 9.70. The molecule has 0 fully saturated rings. The number of hydrogen-bond acceptors (Lipinski definition) is 3. The first-order chi connectivity index (χ1) is 20.4. The summed E-state index contributed by atoms with van der Waals surface area (Å²) in [6.07, 6.45) is -9.68. The fourth-order valence-corrected chi connectivity index (χ4v) is 5.79. The minimum atomic E-state index is -6.56. The average molecular weight is 650 g/mol. The summed E-state index contributed by atoms with van der Waals surface area (Å²) in [4.78, 5) is -0.750. The molecule has 0 aromatic heterocycles. The molecule has 0 atom stereocenters. The Hall–Kier alpha value is -3.84. The van der Waals surface area contributed by atoms with E-state index in [1.807, 2.05) is 0 Å². The maximum absolute atomic E-state index is 14.1. The van der Waals surface area contributed by atoms with Crippen LogP contribution in [0.5, 0.6) is 11.5 Å². The van der Waals surface area contributed by atoms with Crippen LogP contribution in [0.15, 0.2) is 108 Å². The Labute approximate surface area is 248 Å². The highest BCUT2D eigenvalue weighted by Crippen LogP contribution is 2.77. The maximum atomic E-state index is 14.1. The zero-order valence-electron chi connectivity index (χ0n) is 23.1. The first kappa shape index (κ1) is 33.1. The number of thiol groups is 1. The van der Waals surface area contributed by atoms with Gasteiger partial charge in [0.25, 0.3) is 0 Å². The standard InChI is InChI=1S/C31H28F9NO2S/c1-44(38,39,40)28-15-5-10-23(16-28)20-41-21-29(19-22-8-3-2-4-9-22,24-11-6-13-26(17-24)42-30(32,33)34)25-12-7-14-27(18-25)43-31(35,36)37/h2-18,41,44H,19-21H2,1H3. The number of halogens is 9. The Morgan fingerprint density at radius 3 is 1.61 bits per heavy atom. The van der Waals surface area contributed by atoms with Gasteiger partial charge in [-0.05, 0) is 65.1 Å². The molecule has 0 spiro atoms. The predicted molar refractivity (Wildman–Crippen MR) is 152 cm³/mol. The van der Waals surface area contributed by atoms with Crippen molar-refractivity contribution in [1.29, 1.82) is 0 Å². The number of rotatable bonds is 11. The molecule has 0 amide bonds. The number of nitrogens with one attached hydrogen (secondary N) is 1. The third kappa shape index (κ3) is 9.08. The van der Waals surface area contributed by atoms with Gasteiger partial charge in [-0.25, -0.2) is 0 Å². The summed E-state index contributed by atoms with van der Waals surface area (Å²) < 4.78 is 129. The van der Waals surface area contributed by atoms with E-state index in [0.29, 0.717) is 11.1 Å². The Balaban J connectivity index is 1.83. The van der Waals surface area contributed by atoms with Gasteiger partial charge in [0.15, 0.2) is 0 Å². The molecular weight excluding hydrogens is 621 g/mol. The molecule has 4 aromatic rings. The van der Waals surface area contributed by atoms with Gasteiger partial charge in [-0.15, -0.1) is 26.3 Å². The van der Waals surface area contributed by atoms with Crippen LogP contribution in [0, 0.1) is 0 Å². The lowest BCUT2D eigenvalue weighted by Crippen LogP contribution is -2.41. The van der Waals surface area contributed by atoms with E-state index in [1.54, 1.807) is 30.3 Å². The normalized spacial score (nSPS) is 13.6. The van der Waals surface area contributed by atoms with Crippen molar-refractivity contribution in [2.75, 3.05) is 12.8 Å². The van der Waals surface area contributed by atoms with Crippen LogP contribution in [-0.2, 0) is 18.4 Å². The summed E-state index contributed by atoms with van der Waals surface area (Å²) in [5, 5.41) is 3.11. The van der Waals surface area contributed by atoms with Crippen molar-refractivity contribution in [2.24, 2.45) is 0 Å². The minimum Gasteiger partial charge on any atom is -0.406 e. The van der Waals surface area contributed by atoms with Gasteiger partial charge in [-0.2, -0.15) is 11.7 Å². The van der Waals surface area contributed by atoms with E-state index in [0.717, 1.165) is 36.4 Å². The summed E-state index contributed by atoms with van der Waals surface area (Å²) in [6.45, 7) is -0.179. The van der Waals surface area contributed by atoms with E-state index in [1.165, 1.54) is 36.4 Å². The number of alkyl halides is 6. The van der Waals surface area contributed by atoms with Crippen LogP contribution < -0.4 is 14.8 Å². The smallest absolute Gasteiger partial charge is 0.406 e. The van der Waals surface area contributed by atoms with Crippen molar-refractivity contribution in [3.63, 3.8) is 0 Å². The predicted octanol–water partition coefficient (Wildman–Crippen LogP) is 9.52. The molecule has 0 radical (unpaired) electrons. The van der Waals surface area contributed by atoms with E-state index in [4.69, 9.17) is 0 Å². The summed E-state index contributed by atoms with van der Waals surface area (Å²) >= 11 is 0. The molecule has 13 heteroatoms. The Kier molecular flexibility index (Phi) is 9.22. The molecule has 4 rings (SSSR count). The molecule has 0 unspecified atom stereocenters. The first-order valence-corrected chi connectivity index (χ1v) is 15.5. The van der Waals surface area contributed by atoms with Crippen LogP contribution in [0.1, 0.15) is 22.3 Å². The lowest BCUT2D eigenvalue weighted by Gasteiger charge is -2.37. The van der Waals surface area contributed by atoms with E-state index in [-0.39, 0.29) is 36.9 Å². The molecule has 0 saturated carbocycles. The van der Waals surface area contributed by atoms with Crippen LogP contribution in [0.2, 0.25) is 0 Å². The molecule has 0 saturated heterocycles. The van der Waals surface area contributed by atoms with Crippen molar-refractivity contribution in [3.05, 3.63) is 125 Å². The van der Waals surface area contributed by atoms with Crippen molar-refractivity contribution in [1.82, 2.24) is 5.32 Å². The Morgan fingerprint density at radius 1 is 0.614 bits per heavy atom. The van der Waals surface area contributed by atoms with Gasteiger partial charge >= 0.3 is 12.7 Å². The first-order valence-electron chi connectivity index (χ1n) is 13.1. The number of benzene rings is 4. The number of hydrogen-bond donors (Lipinski definition) is 2. The van der Waals surface area contributed by atoms with Gasteiger partial charge in [0.2, 0.25) is 0 Å². The maximum Gasteiger partial charge on any atom is 0.573 e. The zero-order valence-corrected chi connectivity index (χ0v) is 24.0. The second-order valence-corrected chi connectivity index (χ2v) is 13.2. The molecule has 238 valence electrons. The Morgan fingerprint density at radius 2 is 1.11 bits per heavy atom. The molecule has 1 N–H and O–H groups in total. The molecule has 4 aromatic carbocycles. The van der Waals surface area contributed by atoms with E-state index >= 15 is 0 Å². The van der Waals surface area contributed by atoms with Crippen molar-refractivity contribution in [2.45, 2.75) is 36.0 Å². The lowest BCUT2D eigenvalue weighted by molar-refractivity contribution is -0.275. The fraction of sp³-hybridized carbons (Fsp3) is 0.226. The topological polar surface area (TPSA) is 30.5 Å². The molecule has 44 heavy (non-hydrogen) atoms. The average Bonchev–Trinajstić information content (AvgIpc) is 2.91. The minimum absolute atomic E-state index is 0.0750.